The van der Waals surface area contributed by atoms with E-state index in [0.717, 1.165) is 10.2 Å². The van der Waals surface area contributed by atoms with Gasteiger partial charge in [0.15, 0.2) is 17.4 Å². The molecule has 1 heterocycles. The molecule has 0 atom stereocenters. The van der Waals surface area contributed by atoms with Crippen molar-refractivity contribution in [2.45, 2.75) is 6.61 Å². The van der Waals surface area contributed by atoms with Crippen LogP contribution >= 0.6 is 15.9 Å². The number of aromatic amines is 1. The van der Waals surface area contributed by atoms with Gasteiger partial charge in [0.25, 0.3) is 0 Å². The second-order valence-electron chi connectivity index (χ2n) is 4.65. The minimum absolute atomic E-state index is 0.198. The first-order chi connectivity index (χ1) is 10.7. The van der Waals surface area contributed by atoms with Crippen LogP contribution in [0.3, 0.4) is 0 Å². The summed E-state index contributed by atoms with van der Waals surface area (Å²) >= 11 is 3.28. The lowest BCUT2D eigenvalue weighted by molar-refractivity contribution is 0.290. The molecule has 22 heavy (non-hydrogen) atoms. The first-order valence-electron chi connectivity index (χ1n) is 6.65. The van der Waals surface area contributed by atoms with E-state index < -0.39 is 5.82 Å². The van der Waals surface area contributed by atoms with Crippen molar-refractivity contribution >= 4 is 27.4 Å². The number of nitrogens with one attached hydrogen (secondary N) is 2. The van der Waals surface area contributed by atoms with Crippen molar-refractivity contribution in [2.75, 3.05) is 5.32 Å². The third-order valence-corrected chi connectivity index (χ3v) is 3.39. The van der Waals surface area contributed by atoms with Gasteiger partial charge in [-0.15, -0.1) is 0 Å². The fourth-order valence-electron chi connectivity index (χ4n) is 1.94. The van der Waals surface area contributed by atoms with Crippen LogP contribution in [0.5, 0.6) is 5.75 Å². The van der Waals surface area contributed by atoms with E-state index in [1.165, 1.54) is 6.07 Å². The fraction of sp³-hybridized carbons (Fsp3) is 0.0625. The van der Waals surface area contributed by atoms with Gasteiger partial charge in [0.05, 0.1) is 0 Å². The third-order valence-electron chi connectivity index (χ3n) is 2.99. The van der Waals surface area contributed by atoms with Gasteiger partial charge in [-0.2, -0.15) is 5.10 Å². The van der Waals surface area contributed by atoms with Gasteiger partial charge < -0.3 is 10.1 Å². The predicted molar refractivity (Wildman–Crippen MR) is 86.7 cm³/mol. The fourth-order valence-corrected chi connectivity index (χ4v) is 2.24. The lowest BCUT2D eigenvalue weighted by Crippen LogP contribution is -1.98. The number of nitrogens with zero attached hydrogens (tertiary/aromatic N) is 1. The SMILES string of the molecule is Fc1ccc(Nc2cc(Br)[nH]n2)cc1OCc1ccccc1. The lowest BCUT2D eigenvalue weighted by Gasteiger charge is -2.10. The molecule has 6 heteroatoms. The van der Waals surface area contributed by atoms with Crippen LogP contribution in [0.25, 0.3) is 0 Å². The molecule has 0 saturated heterocycles. The largest absolute Gasteiger partial charge is 0.486 e. The molecule has 0 fully saturated rings. The first-order valence-corrected chi connectivity index (χ1v) is 7.44. The molecule has 1 aromatic heterocycles. The zero-order valence-corrected chi connectivity index (χ0v) is 13.1. The van der Waals surface area contributed by atoms with Gasteiger partial charge in [-0.25, -0.2) is 4.39 Å². The number of hydrogen-bond donors (Lipinski definition) is 2. The number of rotatable bonds is 5. The van der Waals surface area contributed by atoms with Crippen LogP contribution in [0.1, 0.15) is 5.56 Å². The van der Waals surface area contributed by atoms with Crippen LogP contribution in [0, 0.1) is 5.82 Å². The Balaban J connectivity index is 1.72. The number of benzene rings is 2. The Morgan fingerprint density at radius 2 is 1.95 bits per heavy atom. The lowest BCUT2D eigenvalue weighted by atomic mass is 10.2. The molecular formula is C16H13BrFN3O. The summed E-state index contributed by atoms with van der Waals surface area (Å²) in [6.07, 6.45) is 0. The summed E-state index contributed by atoms with van der Waals surface area (Å²) in [5, 5.41) is 9.87. The summed E-state index contributed by atoms with van der Waals surface area (Å²) < 4.78 is 20.1. The monoisotopic (exact) mass is 361 g/mol. The topological polar surface area (TPSA) is 49.9 Å². The van der Waals surface area contributed by atoms with Gasteiger partial charge in [-0.3, -0.25) is 5.10 Å². The standard InChI is InChI=1S/C16H13BrFN3O/c17-15-9-16(21-20-15)19-12-6-7-13(18)14(8-12)22-10-11-4-2-1-3-5-11/h1-9H,10H2,(H2,19,20,21). The molecule has 3 aromatic rings. The highest BCUT2D eigenvalue weighted by Crippen LogP contribution is 2.25. The summed E-state index contributed by atoms with van der Waals surface area (Å²) in [4.78, 5) is 0. The summed E-state index contributed by atoms with van der Waals surface area (Å²) in [6.45, 7) is 0.315. The Hall–Kier alpha value is -2.34. The van der Waals surface area contributed by atoms with Gasteiger partial charge in [-0.1, -0.05) is 30.3 Å². The second kappa shape index (κ2) is 6.62. The zero-order valence-electron chi connectivity index (χ0n) is 11.5. The van der Waals surface area contributed by atoms with Crippen LogP contribution in [-0.4, -0.2) is 10.2 Å². The Labute approximate surface area is 135 Å². The number of anilines is 2. The van der Waals surface area contributed by atoms with Crippen LogP contribution in [0.2, 0.25) is 0 Å². The van der Waals surface area contributed by atoms with Crippen LogP contribution in [0.4, 0.5) is 15.9 Å². The summed E-state index contributed by atoms with van der Waals surface area (Å²) in [5.41, 5.74) is 1.68. The quantitative estimate of drug-likeness (QED) is 0.696. The van der Waals surface area contributed by atoms with Gasteiger partial charge in [0.1, 0.15) is 11.2 Å². The van der Waals surface area contributed by atoms with Gasteiger partial charge >= 0.3 is 0 Å². The van der Waals surface area contributed by atoms with Crippen molar-refractivity contribution in [1.82, 2.24) is 10.2 Å². The maximum atomic E-state index is 13.8. The van der Waals surface area contributed by atoms with Crippen LogP contribution < -0.4 is 10.1 Å². The van der Waals surface area contributed by atoms with E-state index in [1.807, 2.05) is 30.3 Å². The zero-order chi connectivity index (χ0) is 15.4. The highest BCUT2D eigenvalue weighted by molar-refractivity contribution is 9.10. The van der Waals surface area contributed by atoms with E-state index >= 15 is 0 Å². The minimum Gasteiger partial charge on any atom is -0.486 e. The molecule has 0 aliphatic heterocycles. The molecule has 0 radical (unpaired) electrons. The first kappa shape index (κ1) is 14.6. The minimum atomic E-state index is -0.398. The number of halogens is 2. The van der Waals surface area contributed by atoms with E-state index in [4.69, 9.17) is 4.74 Å². The van der Waals surface area contributed by atoms with Crippen molar-refractivity contribution in [1.29, 1.82) is 0 Å². The Bertz CT molecular complexity index is 761. The van der Waals surface area contributed by atoms with Crippen molar-refractivity contribution < 1.29 is 9.13 Å². The second-order valence-corrected chi connectivity index (χ2v) is 5.50. The van der Waals surface area contributed by atoms with Crippen LogP contribution in [-0.2, 0) is 6.61 Å². The number of aromatic nitrogens is 2. The summed E-state index contributed by atoms with van der Waals surface area (Å²) in [6, 6.07) is 16.0. The average Bonchev–Trinajstić information content (AvgIpc) is 2.94. The Morgan fingerprint density at radius 1 is 1.14 bits per heavy atom. The third kappa shape index (κ3) is 3.65. The van der Waals surface area contributed by atoms with Crippen molar-refractivity contribution in [3.8, 4) is 5.75 Å². The van der Waals surface area contributed by atoms with E-state index in [9.17, 15) is 4.39 Å². The van der Waals surface area contributed by atoms with Crippen LogP contribution in [0.15, 0.2) is 59.2 Å². The molecular weight excluding hydrogens is 349 g/mol. The molecule has 2 aromatic carbocycles. The molecule has 0 unspecified atom stereocenters. The molecule has 0 bridgehead atoms. The molecule has 112 valence electrons. The maximum absolute atomic E-state index is 13.8. The molecule has 0 aliphatic carbocycles. The molecule has 0 aliphatic rings. The van der Waals surface area contributed by atoms with Gasteiger partial charge in [0, 0.05) is 17.8 Å². The molecule has 0 amide bonds. The maximum Gasteiger partial charge on any atom is 0.165 e. The predicted octanol–water partition coefficient (Wildman–Crippen LogP) is 4.63. The molecule has 0 spiro atoms. The average molecular weight is 362 g/mol. The van der Waals surface area contributed by atoms with Crippen molar-refractivity contribution in [2.24, 2.45) is 0 Å². The number of H-pyrrole nitrogens is 1. The van der Waals surface area contributed by atoms with E-state index in [0.29, 0.717) is 18.1 Å². The van der Waals surface area contributed by atoms with Gasteiger partial charge in [0.2, 0.25) is 0 Å². The highest BCUT2D eigenvalue weighted by Gasteiger charge is 2.07. The molecule has 2 N–H and O–H groups in total. The smallest absolute Gasteiger partial charge is 0.165 e. The number of ether oxygens (including phenoxy) is 1. The molecule has 4 nitrogen and oxygen atoms in total. The molecule has 3 rings (SSSR count). The highest BCUT2D eigenvalue weighted by atomic mass is 79.9. The van der Waals surface area contributed by atoms with E-state index in [2.05, 4.69) is 31.4 Å². The normalized spacial score (nSPS) is 10.5. The Kier molecular flexibility index (Phi) is 4.39. The Morgan fingerprint density at radius 3 is 2.68 bits per heavy atom. The van der Waals surface area contributed by atoms with Crippen molar-refractivity contribution in [3.05, 3.63) is 70.6 Å². The van der Waals surface area contributed by atoms with E-state index in [-0.39, 0.29) is 5.75 Å². The van der Waals surface area contributed by atoms with Gasteiger partial charge in [-0.05, 0) is 33.6 Å². The summed E-state index contributed by atoms with van der Waals surface area (Å²) in [5.74, 6) is 0.431. The number of hydrogen-bond acceptors (Lipinski definition) is 3. The summed E-state index contributed by atoms with van der Waals surface area (Å²) in [7, 11) is 0. The van der Waals surface area contributed by atoms with E-state index in [1.54, 1.807) is 18.2 Å². The van der Waals surface area contributed by atoms with Crippen molar-refractivity contribution in [3.63, 3.8) is 0 Å². The molecule has 0 saturated carbocycles.